The number of nitriles is 1. The molecule has 3 aromatic rings. The third kappa shape index (κ3) is 6.84. The predicted octanol–water partition coefficient (Wildman–Crippen LogP) is 4.93. The van der Waals surface area contributed by atoms with Crippen LogP contribution in [-0.2, 0) is 16.0 Å². The van der Waals surface area contributed by atoms with Crippen LogP contribution >= 0.6 is 0 Å². The van der Waals surface area contributed by atoms with Gasteiger partial charge in [0.05, 0.1) is 43.8 Å². The number of methoxy groups -OCH3 is 1. The Labute approximate surface area is 229 Å². The van der Waals surface area contributed by atoms with Crippen molar-refractivity contribution in [3.8, 4) is 28.8 Å². The highest BCUT2D eigenvalue weighted by atomic mass is 16.5. The van der Waals surface area contributed by atoms with E-state index >= 15 is 0 Å². The van der Waals surface area contributed by atoms with Crippen LogP contribution in [-0.4, -0.2) is 66.6 Å². The van der Waals surface area contributed by atoms with Crippen LogP contribution in [0.25, 0.3) is 11.3 Å². The molecule has 204 valence electrons. The molecular formula is C30H35N5O4. The molecule has 9 nitrogen and oxygen atoms in total. The van der Waals surface area contributed by atoms with E-state index in [-0.39, 0.29) is 18.3 Å². The molecule has 1 N–H and O–H groups in total. The minimum Gasteiger partial charge on any atom is -0.496 e. The fraction of sp³-hybridized carbons (Fsp3) is 0.433. The summed E-state index contributed by atoms with van der Waals surface area (Å²) in [6, 6.07) is 15.7. The summed E-state index contributed by atoms with van der Waals surface area (Å²) in [7, 11) is 1.69. The first-order chi connectivity index (χ1) is 19.0. The van der Waals surface area contributed by atoms with Gasteiger partial charge in [0, 0.05) is 61.6 Å². The highest BCUT2D eigenvalue weighted by Crippen LogP contribution is 2.30. The molecule has 2 aromatic carbocycles. The quantitative estimate of drug-likeness (QED) is 0.435. The van der Waals surface area contributed by atoms with Crippen LogP contribution in [0.1, 0.15) is 37.8 Å². The fourth-order valence-electron chi connectivity index (χ4n) is 5.17. The number of benzene rings is 2. The Bertz CT molecular complexity index is 1310. The van der Waals surface area contributed by atoms with Crippen molar-refractivity contribution in [3.05, 3.63) is 59.8 Å². The lowest BCUT2D eigenvalue weighted by atomic mass is 10.1. The van der Waals surface area contributed by atoms with E-state index < -0.39 is 0 Å². The Morgan fingerprint density at radius 2 is 1.85 bits per heavy atom. The second-order valence-electron chi connectivity index (χ2n) is 10.1. The predicted molar refractivity (Wildman–Crippen MR) is 148 cm³/mol. The van der Waals surface area contributed by atoms with Crippen molar-refractivity contribution in [2.75, 3.05) is 38.7 Å². The lowest BCUT2D eigenvalue weighted by molar-refractivity contribution is -0.0706. The zero-order valence-electron chi connectivity index (χ0n) is 22.7. The molecule has 3 heterocycles. The molecule has 0 unspecified atom stereocenters. The first-order valence-electron chi connectivity index (χ1n) is 13.4. The van der Waals surface area contributed by atoms with Gasteiger partial charge >= 0.3 is 0 Å². The Morgan fingerprint density at radius 1 is 1.05 bits per heavy atom. The number of morpholine rings is 1. The second-order valence-corrected chi connectivity index (χ2v) is 10.1. The number of aromatic nitrogens is 2. The topological polar surface area (TPSA) is 102 Å². The van der Waals surface area contributed by atoms with Crippen molar-refractivity contribution in [2.24, 2.45) is 0 Å². The van der Waals surface area contributed by atoms with Crippen LogP contribution in [0, 0.1) is 11.3 Å². The van der Waals surface area contributed by atoms with E-state index in [0.29, 0.717) is 36.2 Å². The number of rotatable bonds is 8. The summed E-state index contributed by atoms with van der Waals surface area (Å²) < 4.78 is 23.1. The van der Waals surface area contributed by atoms with Crippen LogP contribution < -0.4 is 14.8 Å². The molecule has 5 rings (SSSR count). The van der Waals surface area contributed by atoms with Crippen molar-refractivity contribution < 1.29 is 18.9 Å². The number of anilines is 2. The molecule has 39 heavy (non-hydrogen) atoms. The summed E-state index contributed by atoms with van der Waals surface area (Å²) >= 11 is 0. The van der Waals surface area contributed by atoms with E-state index in [1.54, 1.807) is 13.3 Å². The third-order valence-electron chi connectivity index (χ3n) is 6.95. The maximum Gasteiger partial charge on any atom is 0.227 e. The Morgan fingerprint density at radius 3 is 2.59 bits per heavy atom. The maximum absolute atomic E-state index is 9.75. The summed E-state index contributed by atoms with van der Waals surface area (Å²) in [6.07, 6.45) is 3.84. The fourth-order valence-corrected chi connectivity index (χ4v) is 5.17. The normalized spacial score (nSPS) is 20.3. The van der Waals surface area contributed by atoms with Gasteiger partial charge in [-0.3, -0.25) is 4.90 Å². The second kappa shape index (κ2) is 12.4. The minimum atomic E-state index is 0.0657. The Kier molecular flexibility index (Phi) is 8.57. The molecule has 0 amide bonds. The average Bonchev–Trinajstić information content (AvgIpc) is 2.94. The van der Waals surface area contributed by atoms with Gasteiger partial charge in [-0.15, -0.1) is 0 Å². The molecule has 1 aromatic heterocycles. The van der Waals surface area contributed by atoms with Gasteiger partial charge in [-0.1, -0.05) is 6.07 Å². The molecule has 0 spiro atoms. The number of hydrogen-bond donors (Lipinski definition) is 1. The zero-order valence-corrected chi connectivity index (χ0v) is 22.7. The average molecular weight is 530 g/mol. The van der Waals surface area contributed by atoms with E-state index in [9.17, 15) is 5.26 Å². The van der Waals surface area contributed by atoms with E-state index in [2.05, 4.69) is 41.2 Å². The molecular weight excluding hydrogens is 494 g/mol. The smallest absolute Gasteiger partial charge is 0.227 e. The molecule has 0 radical (unpaired) electrons. The largest absolute Gasteiger partial charge is 0.496 e. The van der Waals surface area contributed by atoms with E-state index in [1.165, 1.54) is 0 Å². The first kappa shape index (κ1) is 26.9. The number of nitrogens with one attached hydrogen (secondary N) is 1. The first-order valence-corrected chi connectivity index (χ1v) is 13.4. The van der Waals surface area contributed by atoms with Gasteiger partial charge < -0.3 is 24.3 Å². The van der Waals surface area contributed by atoms with E-state index in [4.69, 9.17) is 23.9 Å². The van der Waals surface area contributed by atoms with Crippen molar-refractivity contribution >= 4 is 11.6 Å². The van der Waals surface area contributed by atoms with Crippen molar-refractivity contribution in [1.29, 1.82) is 5.26 Å². The van der Waals surface area contributed by atoms with Crippen LogP contribution in [0.5, 0.6) is 11.5 Å². The van der Waals surface area contributed by atoms with Gasteiger partial charge in [0.25, 0.3) is 0 Å². The van der Waals surface area contributed by atoms with Gasteiger partial charge in [0.15, 0.2) is 0 Å². The summed E-state index contributed by atoms with van der Waals surface area (Å²) in [5.74, 6) is 1.86. The molecule has 0 bridgehead atoms. The van der Waals surface area contributed by atoms with Gasteiger partial charge in [-0.2, -0.15) is 5.26 Å². The van der Waals surface area contributed by atoms with Crippen LogP contribution in [0.3, 0.4) is 0 Å². The standard InChI is InChI=1S/C30H35N5O4/c1-20-17-35(18-21(2)38-20)19-23-4-6-25(15-29(23)36-3)33-30-32-11-8-27(34-30)22-5-7-28(24(14-22)16-31)39-26-9-12-37-13-10-26/h4-8,11,14-15,20-21,26H,9-10,12-13,17-19H2,1-3H3,(H,32,33,34)/t20-,21+. The lowest BCUT2D eigenvalue weighted by Gasteiger charge is -2.35. The van der Waals surface area contributed by atoms with Crippen molar-refractivity contribution in [1.82, 2.24) is 14.9 Å². The van der Waals surface area contributed by atoms with E-state index in [0.717, 1.165) is 55.0 Å². The van der Waals surface area contributed by atoms with Gasteiger partial charge in [0.2, 0.25) is 5.95 Å². The summed E-state index contributed by atoms with van der Waals surface area (Å²) in [6.45, 7) is 8.16. The monoisotopic (exact) mass is 529 g/mol. The molecule has 9 heteroatoms. The molecule has 0 saturated carbocycles. The number of nitrogens with zero attached hydrogens (tertiary/aromatic N) is 4. The van der Waals surface area contributed by atoms with Crippen molar-refractivity contribution in [3.63, 3.8) is 0 Å². The molecule has 0 aliphatic carbocycles. The number of ether oxygens (including phenoxy) is 4. The molecule has 2 saturated heterocycles. The molecule has 2 atom stereocenters. The van der Waals surface area contributed by atoms with Crippen LogP contribution in [0.4, 0.5) is 11.6 Å². The minimum absolute atomic E-state index is 0.0657. The zero-order chi connectivity index (χ0) is 27.2. The van der Waals surface area contributed by atoms with Gasteiger partial charge in [0.1, 0.15) is 23.7 Å². The van der Waals surface area contributed by atoms with E-state index in [1.807, 2.05) is 36.4 Å². The molecule has 2 fully saturated rings. The summed E-state index contributed by atoms with van der Waals surface area (Å²) in [4.78, 5) is 11.5. The molecule has 2 aliphatic rings. The highest BCUT2D eigenvalue weighted by Gasteiger charge is 2.23. The van der Waals surface area contributed by atoms with Crippen LogP contribution in [0.15, 0.2) is 48.7 Å². The SMILES string of the molecule is COc1cc(Nc2nccc(-c3ccc(OC4CCOCC4)c(C#N)c3)n2)ccc1CN1C[C@@H](C)O[C@@H](C)C1. The van der Waals surface area contributed by atoms with Crippen LogP contribution in [0.2, 0.25) is 0 Å². The number of hydrogen-bond acceptors (Lipinski definition) is 9. The Balaban J connectivity index is 1.29. The van der Waals surface area contributed by atoms with Gasteiger partial charge in [-0.25, -0.2) is 9.97 Å². The van der Waals surface area contributed by atoms with Gasteiger partial charge in [-0.05, 0) is 44.2 Å². The summed E-state index contributed by atoms with van der Waals surface area (Å²) in [5.41, 5.74) is 3.95. The third-order valence-corrected chi connectivity index (χ3v) is 6.95. The maximum atomic E-state index is 9.75. The highest BCUT2D eigenvalue weighted by molar-refractivity contribution is 5.66. The van der Waals surface area contributed by atoms with Crippen molar-refractivity contribution in [2.45, 2.75) is 51.5 Å². The molecule has 2 aliphatic heterocycles. The summed E-state index contributed by atoms with van der Waals surface area (Å²) in [5, 5.41) is 13.0. The Hall–Kier alpha value is -3.71. The lowest BCUT2D eigenvalue weighted by Crippen LogP contribution is -2.44.